The molecule has 156 valence electrons. The highest BCUT2D eigenvalue weighted by molar-refractivity contribution is 8.93. The normalized spacial score (nSPS) is 16.3. The summed E-state index contributed by atoms with van der Waals surface area (Å²) in [6, 6.07) is 18.2. The van der Waals surface area contributed by atoms with Crippen LogP contribution < -0.4 is 16.2 Å². The van der Waals surface area contributed by atoms with Crippen LogP contribution in [0.4, 0.5) is 0 Å². The van der Waals surface area contributed by atoms with Crippen LogP contribution in [0.15, 0.2) is 64.6 Å². The van der Waals surface area contributed by atoms with Gasteiger partial charge in [0.1, 0.15) is 5.75 Å². The van der Waals surface area contributed by atoms with Crippen LogP contribution in [-0.2, 0) is 4.84 Å². The Labute approximate surface area is 182 Å². The van der Waals surface area contributed by atoms with Gasteiger partial charge in [0.25, 0.3) is 0 Å². The number of hydrogen-bond donors (Lipinski definition) is 2. The number of benzene rings is 2. The minimum atomic E-state index is -0.712. The third-order valence-electron chi connectivity index (χ3n) is 4.31. The van der Waals surface area contributed by atoms with Gasteiger partial charge in [0.15, 0.2) is 5.66 Å². The van der Waals surface area contributed by atoms with Crippen LogP contribution in [-0.4, -0.2) is 35.9 Å². The molecular weight excluding hydrogens is 434 g/mol. The summed E-state index contributed by atoms with van der Waals surface area (Å²) in [5.41, 5.74) is 13.1. The highest BCUT2D eigenvalue weighted by Crippen LogP contribution is 2.30. The van der Waals surface area contributed by atoms with Gasteiger partial charge in [-0.05, 0) is 25.5 Å². The zero-order valence-corrected chi connectivity index (χ0v) is 18.6. The van der Waals surface area contributed by atoms with Crippen molar-refractivity contribution < 1.29 is 9.57 Å². The van der Waals surface area contributed by atoms with Crippen molar-refractivity contribution in [3.63, 3.8) is 0 Å². The fourth-order valence-electron chi connectivity index (χ4n) is 2.95. The van der Waals surface area contributed by atoms with E-state index in [2.05, 4.69) is 28.2 Å². The molecule has 2 aromatic carbocycles. The van der Waals surface area contributed by atoms with Gasteiger partial charge in [0, 0.05) is 11.5 Å². The van der Waals surface area contributed by atoms with Crippen molar-refractivity contribution >= 4 is 28.9 Å². The van der Waals surface area contributed by atoms with E-state index in [4.69, 9.17) is 21.0 Å². The fourth-order valence-corrected chi connectivity index (χ4v) is 2.95. The molecule has 4 N–H and O–H groups in total. The van der Waals surface area contributed by atoms with Gasteiger partial charge < -0.3 is 16.2 Å². The van der Waals surface area contributed by atoms with Gasteiger partial charge in [-0.15, -0.1) is 17.0 Å². The van der Waals surface area contributed by atoms with Crippen LogP contribution in [0.3, 0.4) is 0 Å². The molecule has 0 fully saturated rings. The van der Waals surface area contributed by atoms with E-state index in [1.165, 1.54) is 5.06 Å². The zero-order chi connectivity index (χ0) is 20.1. The van der Waals surface area contributed by atoms with E-state index in [1.54, 1.807) is 0 Å². The molecule has 1 aliphatic heterocycles. The molecule has 2 aromatic rings. The van der Waals surface area contributed by atoms with Crippen LogP contribution in [0.5, 0.6) is 5.75 Å². The topological polar surface area (TPSA) is 98.5 Å². The number of guanidine groups is 2. The van der Waals surface area contributed by atoms with Gasteiger partial charge in [-0.25, -0.2) is 4.99 Å². The summed E-state index contributed by atoms with van der Waals surface area (Å²) in [6.45, 7) is 6.67. The van der Waals surface area contributed by atoms with Gasteiger partial charge in [0.05, 0.1) is 13.2 Å². The summed E-state index contributed by atoms with van der Waals surface area (Å²) in [6.07, 6.45) is 0. The van der Waals surface area contributed by atoms with Crippen molar-refractivity contribution in [2.24, 2.45) is 27.4 Å². The van der Waals surface area contributed by atoms with E-state index in [-0.39, 0.29) is 34.8 Å². The largest absolute Gasteiger partial charge is 0.493 e. The predicted molar refractivity (Wildman–Crippen MR) is 122 cm³/mol. The van der Waals surface area contributed by atoms with Crippen molar-refractivity contribution in [3.8, 4) is 16.9 Å². The van der Waals surface area contributed by atoms with Crippen molar-refractivity contribution in [1.82, 2.24) is 5.06 Å². The number of nitrogens with zero attached hydrogens (tertiary/aromatic N) is 3. The average molecular weight is 462 g/mol. The van der Waals surface area contributed by atoms with Crippen LogP contribution in [0, 0.1) is 5.92 Å². The smallest absolute Gasteiger partial charge is 0.226 e. The summed E-state index contributed by atoms with van der Waals surface area (Å²) in [5.74, 6) is 1.31. The van der Waals surface area contributed by atoms with Gasteiger partial charge in [-0.3, -0.25) is 4.84 Å². The van der Waals surface area contributed by atoms with Crippen LogP contribution in [0.1, 0.15) is 20.8 Å². The van der Waals surface area contributed by atoms with Crippen molar-refractivity contribution in [1.29, 1.82) is 0 Å². The maximum Gasteiger partial charge on any atom is 0.226 e. The summed E-state index contributed by atoms with van der Waals surface area (Å²) >= 11 is 0. The molecule has 0 aromatic heterocycles. The fraction of sp³-hybridized carbons (Fsp3) is 0.333. The number of hydrogen-bond acceptors (Lipinski definition) is 7. The first-order valence-electron chi connectivity index (χ1n) is 9.26. The molecule has 7 nitrogen and oxygen atoms in total. The third-order valence-corrected chi connectivity index (χ3v) is 4.31. The zero-order valence-electron chi connectivity index (χ0n) is 16.9. The van der Waals surface area contributed by atoms with E-state index in [1.807, 2.05) is 57.2 Å². The first-order chi connectivity index (χ1) is 13.4. The maximum atomic E-state index is 6.08. The molecule has 0 saturated carbocycles. The number of halogens is 1. The van der Waals surface area contributed by atoms with E-state index in [0.29, 0.717) is 13.2 Å². The monoisotopic (exact) mass is 461 g/mol. The Morgan fingerprint density at radius 3 is 2.34 bits per heavy atom. The molecule has 1 heterocycles. The number of hydroxylamine groups is 2. The number of rotatable bonds is 7. The molecule has 0 aliphatic carbocycles. The molecule has 0 bridgehead atoms. The van der Waals surface area contributed by atoms with Gasteiger partial charge in [0.2, 0.25) is 11.9 Å². The summed E-state index contributed by atoms with van der Waals surface area (Å²) in [4.78, 5) is 14.1. The average Bonchev–Trinajstić information content (AvgIpc) is 2.66. The molecule has 0 saturated heterocycles. The Balaban J connectivity index is 0.00000300. The lowest BCUT2D eigenvalue weighted by molar-refractivity contribution is -0.167. The Hall–Kier alpha value is -2.58. The molecule has 3 rings (SSSR count). The second-order valence-electron chi connectivity index (χ2n) is 7.30. The molecule has 0 unspecified atom stereocenters. The Kier molecular flexibility index (Phi) is 7.64. The minimum absolute atomic E-state index is 0. The molecule has 1 atom stereocenters. The van der Waals surface area contributed by atoms with Gasteiger partial charge >= 0.3 is 0 Å². The standard InChI is InChI=1S/C21H27N5O2.BrH/c1-15(14-28-26-20(23)24-19(22)25-21(26,2)3)13-27-18-12-8-7-11-17(18)16-9-5-4-6-10-16;/h4-12,15H,13-14H2,1-3H3,(H4,22,23,24,25);1H/t15-;/m0./s1. The number of ether oxygens (including phenoxy) is 1. The first kappa shape index (κ1) is 22.7. The Bertz CT molecular complexity index is 870. The summed E-state index contributed by atoms with van der Waals surface area (Å²) in [7, 11) is 0. The van der Waals surface area contributed by atoms with E-state index < -0.39 is 5.66 Å². The maximum absolute atomic E-state index is 6.08. The molecule has 8 heteroatoms. The third kappa shape index (κ3) is 5.71. The van der Waals surface area contributed by atoms with E-state index >= 15 is 0 Å². The molecule has 0 radical (unpaired) electrons. The molecule has 0 amide bonds. The quantitative estimate of drug-likeness (QED) is 0.656. The highest BCUT2D eigenvalue weighted by Gasteiger charge is 2.33. The second kappa shape index (κ2) is 9.76. The van der Waals surface area contributed by atoms with E-state index in [0.717, 1.165) is 16.9 Å². The van der Waals surface area contributed by atoms with Gasteiger partial charge in [-0.1, -0.05) is 55.5 Å². The van der Waals surface area contributed by atoms with Crippen LogP contribution >= 0.6 is 17.0 Å². The number of para-hydroxylation sites is 1. The lowest BCUT2D eigenvalue weighted by Crippen LogP contribution is -2.54. The van der Waals surface area contributed by atoms with Crippen LogP contribution in [0.25, 0.3) is 11.1 Å². The molecular formula is C21H28BrN5O2. The summed E-state index contributed by atoms with van der Waals surface area (Å²) < 4.78 is 6.08. The first-order valence-corrected chi connectivity index (χ1v) is 9.26. The van der Waals surface area contributed by atoms with E-state index in [9.17, 15) is 0 Å². The number of aliphatic imine (C=N–C) groups is 2. The Morgan fingerprint density at radius 1 is 1.00 bits per heavy atom. The molecule has 1 aliphatic rings. The van der Waals surface area contributed by atoms with Crippen LogP contribution in [0.2, 0.25) is 0 Å². The minimum Gasteiger partial charge on any atom is -0.493 e. The SMILES string of the molecule is Br.C[C@@H](COc1ccccc1-c1ccccc1)CON1C(N)=NC(N)=NC1(C)C. The molecule has 29 heavy (non-hydrogen) atoms. The second-order valence-corrected chi connectivity index (χ2v) is 7.30. The Morgan fingerprint density at radius 2 is 1.66 bits per heavy atom. The predicted octanol–water partition coefficient (Wildman–Crippen LogP) is 3.56. The highest BCUT2D eigenvalue weighted by atomic mass is 79.9. The van der Waals surface area contributed by atoms with Crippen molar-refractivity contribution in [2.45, 2.75) is 26.4 Å². The lowest BCUT2D eigenvalue weighted by atomic mass is 10.0. The van der Waals surface area contributed by atoms with Crippen molar-refractivity contribution in [3.05, 3.63) is 54.6 Å². The van der Waals surface area contributed by atoms with Gasteiger partial charge in [-0.2, -0.15) is 10.1 Å². The number of nitrogens with two attached hydrogens (primary N) is 2. The molecule has 0 spiro atoms. The summed E-state index contributed by atoms with van der Waals surface area (Å²) in [5, 5.41) is 1.48. The lowest BCUT2D eigenvalue weighted by Gasteiger charge is -2.37. The van der Waals surface area contributed by atoms with Crippen molar-refractivity contribution in [2.75, 3.05) is 13.2 Å².